The highest BCUT2D eigenvalue weighted by Gasteiger charge is 2.40. The Kier molecular flexibility index (Phi) is 3.69. The van der Waals surface area contributed by atoms with Gasteiger partial charge < -0.3 is 9.72 Å². The summed E-state index contributed by atoms with van der Waals surface area (Å²) >= 11 is 1.61. The van der Waals surface area contributed by atoms with Crippen molar-refractivity contribution in [2.45, 2.75) is 58.0 Å². The number of nitrogens with one attached hydrogen (secondary N) is 1. The first-order valence-corrected chi connectivity index (χ1v) is 10.2. The maximum atomic E-state index is 12.4. The molecule has 2 fully saturated rings. The molecule has 0 amide bonds. The molecule has 3 aliphatic carbocycles. The fourth-order valence-corrected chi connectivity index (χ4v) is 6.44. The van der Waals surface area contributed by atoms with Crippen molar-refractivity contribution in [3.8, 4) is 0 Å². The number of hydrogen-bond acceptors (Lipinski definition) is 5. The fraction of sp³-hybridized carbons (Fsp3) is 0.632. The number of hydrogen-bond donors (Lipinski definition) is 1. The third-order valence-corrected chi connectivity index (χ3v) is 7.49. The van der Waals surface area contributed by atoms with Crippen LogP contribution in [0.1, 0.15) is 54.8 Å². The van der Waals surface area contributed by atoms with Gasteiger partial charge in [-0.3, -0.25) is 9.59 Å². The Morgan fingerprint density at radius 2 is 2.20 bits per heavy atom. The molecule has 2 aromatic heterocycles. The highest BCUT2D eigenvalue weighted by molar-refractivity contribution is 7.18. The number of carbonyl (C=O) groups excluding carboxylic acids is 1. The Balaban J connectivity index is 1.26. The number of ether oxygens (including phenoxy) is 1. The molecule has 25 heavy (non-hydrogen) atoms. The highest BCUT2D eigenvalue weighted by atomic mass is 32.1. The molecule has 0 aromatic carbocycles. The van der Waals surface area contributed by atoms with Crippen LogP contribution >= 0.6 is 11.3 Å². The second-order valence-electron chi connectivity index (χ2n) is 7.85. The summed E-state index contributed by atoms with van der Waals surface area (Å²) in [5.74, 6) is 2.36. The van der Waals surface area contributed by atoms with E-state index in [0.29, 0.717) is 18.2 Å². The molecular formula is C19H22N2O3S. The molecule has 2 aromatic rings. The maximum absolute atomic E-state index is 12.4. The molecule has 0 unspecified atom stereocenters. The monoisotopic (exact) mass is 358 g/mol. The van der Waals surface area contributed by atoms with Gasteiger partial charge in [0.2, 0.25) is 0 Å². The van der Waals surface area contributed by atoms with Crippen LogP contribution in [-0.2, 0) is 29.0 Å². The topological polar surface area (TPSA) is 72.0 Å². The molecule has 2 heterocycles. The van der Waals surface area contributed by atoms with E-state index in [1.807, 2.05) is 0 Å². The van der Waals surface area contributed by atoms with Crippen LogP contribution in [0.15, 0.2) is 4.79 Å². The van der Waals surface area contributed by atoms with Gasteiger partial charge in [-0.15, -0.1) is 11.3 Å². The average Bonchev–Trinajstić information content (AvgIpc) is 3.32. The van der Waals surface area contributed by atoms with Gasteiger partial charge in [0.15, 0.2) is 0 Å². The van der Waals surface area contributed by atoms with Crippen molar-refractivity contribution in [2.24, 2.45) is 17.8 Å². The van der Waals surface area contributed by atoms with Crippen molar-refractivity contribution in [3.05, 3.63) is 26.6 Å². The lowest BCUT2D eigenvalue weighted by atomic mass is 9.86. The van der Waals surface area contributed by atoms with Gasteiger partial charge in [0.25, 0.3) is 5.56 Å². The Bertz CT molecular complexity index is 900. The zero-order valence-corrected chi connectivity index (χ0v) is 15.0. The number of fused-ring (bicyclic) bond motifs is 5. The number of thiophene rings is 1. The predicted molar refractivity (Wildman–Crippen MR) is 95.6 cm³/mol. The smallest absolute Gasteiger partial charge is 0.306 e. The number of aromatic nitrogens is 2. The molecule has 0 spiro atoms. The fourth-order valence-electron chi connectivity index (χ4n) is 5.16. The molecule has 5 rings (SSSR count). The summed E-state index contributed by atoms with van der Waals surface area (Å²) in [6, 6.07) is 0. The minimum atomic E-state index is -0.158. The second-order valence-corrected chi connectivity index (χ2v) is 8.93. The summed E-state index contributed by atoms with van der Waals surface area (Å²) in [5, 5.41) is 0.745. The van der Waals surface area contributed by atoms with E-state index >= 15 is 0 Å². The number of aryl methyl sites for hydroxylation is 2. The van der Waals surface area contributed by atoms with E-state index in [1.165, 1.54) is 36.1 Å². The highest BCUT2D eigenvalue weighted by Crippen LogP contribution is 2.49. The number of rotatable bonds is 4. The van der Waals surface area contributed by atoms with Crippen LogP contribution in [0.2, 0.25) is 0 Å². The average molecular weight is 358 g/mol. The predicted octanol–water partition coefficient (Wildman–Crippen LogP) is 3.34. The van der Waals surface area contributed by atoms with Crippen LogP contribution < -0.4 is 5.56 Å². The van der Waals surface area contributed by atoms with E-state index < -0.39 is 0 Å². The number of nitrogens with zero attached hydrogens (tertiary/aromatic N) is 1. The third kappa shape index (κ3) is 2.71. The lowest BCUT2D eigenvalue weighted by molar-refractivity contribution is -0.146. The molecule has 2 bridgehead atoms. The van der Waals surface area contributed by atoms with E-state index in [0.717, 1.165) is 41.3 Å². The minimum Gasteiger partial charge on any atom is -0.458 e. The summed E-state index contributed by atoms with van der Waals surface area (Å²) in [6.45, 7) is 0.0629. The Morgan fingerprint density at radius 1 is 1.28 bits per heavy atom. The van der Waals surface area contributed by atoms with Crippen LogP contribution in [0.3, 0.4) is 0 Å². The van der Waals surface area contributed by atoms with Gasteiger partial charge in [-0.1, -0.05) is 6.42 Å². The maximum Gasteiger partial charge on any atom is 0.306 e. The summed E-state index contributed by atoms with van der Waals surface area (Å²) < 4.78 is 5.41. The van der Waals surface area contributed by atoms with Gasteiger partial charge in [0, 0.05) is 11.3 Å². The van der Waals surface area contributed by atoms with Crippen LogP contribution in [-0.4, -0.2) is 15.9 Å². The van der Waals surface area contributed by atoms with Crippen molar-refractivity contribution in [1.29, 1.82) is 0 Å². The van der Waals surface area contributed by atoms with E-state index in [9.17, 15) is 9.59 Å². The number of H-pyrrole nitrogens is 1. The van der Waals surface area contributed by atoms with E-state index in [2.05, 4.69) is 9.97 Å². The van der Waals surface area contributed by atoms with Crippen LogP contribution in [0, 0.1) is 17.8 Å². The van der Waals surface area contributed by atoms with Gasteiger partial charge in [0.05, 0.1) is 5.39 Å². The summed E-state index contributed by atoms with van der Waals surface area (Å²) in [5.41, 5.74) is 1.08. The van der Waals surface area contributed by atoms with Crippen LogP contribution in [0.4, 0.5) is 0 Å². The van der Waals surface area contributed by atoms with Crippen molar-refractivity contribution in [3.63, 3.8) is 0 Å². The molecule has 0 radical (unpaired) electrons. The number of carbonyl (C=O) groups is 1. The standard InChI is InChI=1S/C19H22N2O3S/c22-16(8-12-7-10-4-5-11(12)6-10)24-9-15-20-18(23)17-13-2-1-3-14(13)25-19(17)21-15/h10-12H,1-9H2,(H,20,21,23)/t10-,11-,12+/m1/s1. The molecule has 6 heteroatoms. The second kappa shape index (κ2) is 5.94. The quantitative estimate of drug-likeness (QED) is 0.851. The molecule has 0 saturated heterocycles. The summed E-state index contributed by atoms with van der Waals surface area (Å²) in [6.07, 6.45) is 8.75. The van der Waals surface area contributed by atoms with Gasteiger partial charge in [-0.05, 0) is 61.8 Å². The van der Waals surface area contributed by atoms with E-state index in [-0.39, 0.29) is 18.1 Å². The molecule has 0 aliphatic heterocycles. The van der Waals surface area contributed by atoms with Gasteiger partial charge in [-0.25, -0.2) is 4.98 Å². The van der Waals surface area contributed by atoms with E-state index in [4.69, 9.17) is 4.74 Å². The lowest BCUT2D eigenvalue weighted by Gasteiger charge is -2.20. The molecule has 2 saturated carbocycles. The van der Waals surface area contributed by atoms with Crippen LogP contribution in [0.25, 0.3) is 10.2 Å². The van der Waals surface area contributed by atoms with Crippen molar-refractivity contribution in [1.82, 2.24) is 9.97 Å². The van der Waals surface area contributed by atoms with Crippen molar-refractivity contribution < 1.29 is 9.53 Å². The third-order valence-electron chi connectivity index (χ3n) is 6.31. The zero-order valence-electron chi connectivity index (χ0n) is 14.2. The largest absolute Gasteiger partial charge is 0.458 e. The van der Waals surface area contributed by atoms with E-state index in [1.54, 1.807) is 11.3 Å². The lowest BCUT2D eigenvalue weighted by Crippen LogP contribution is -2.18. The minimum absolute atomic E-state index is 0.0629. The first kappa shape index (κ1) is 15.6. The SMILES string of the molecule is O=C(C[C@@H]1C[C@@H]2CC[C@@H]1C2)OCc1nc2sc3c(c2c(=O)[nH]1)CCC3. The van der Waals surface area contributed by atoms with Crippen molar-refractivity contribution >= 4 is 27.5 Å². The zero-order chi connectivity index (χ0) is 17.0. The Hall–Kier alpha value is -1.69. The summed E-state index contributed by atoms with van der Waals surface area (Å²) in [4.78, 5) is 34.0. The molecule has 132 valence electrons. The molecule has 1 N–H and O–H groups in total. The molecular weight excluding hydrogens is 336 g/mol. The normalized spacial score (nSPS) is 27.1. The number of aromatic amines is 1. The van der Waals surface area contributed by atoms with Crippen LogP contribution in [0.5, 0.6) is 0 Å². The Labute approximate surface area is 149 Å². The van der Waals surface area contributed by atoms with Gasteiger partial charge >= 0.3 is 5.97 Å². The van der Waals surface area contributed by atoms with Gasteiger partial charge in [-0.2, -0.15) is 0 Å². The van der Waals surface area contributed by atoms with Crippen molar-refractivity contribution in [2.75, 3.05) is 0 Å². The first-order valence-electron chi connectivity index (χ1n) is 9.36. The number of esters is 1. The molecule has 3 aliphatic rings. The molecule has 3 atom stereocenters. The van der Waals surface area contributed by atoms with Gasteiger partial charge in [0.1, 0.15) is 17.3 Å². The molecule has 5 nitrogen and oxygen atoms in total. The first-order chi connectivity index (χ1) is 12.2. The summed E-state index contributed by atoms with van der Waals surface area (Å²) in [7, 11) is 0. The Morgan fingerprint density at radius 3 is 3.00 bits per heavy atom.